The zero-order chi connectivity index (χ0) is 19.5. The topological polar surface area (TPSA) is 84.6 Å². The Bertz CT molecular complexity index is 800. The molecule has 4 N–H and O–H groups in total. The smallest absolute Gasteiger partial charge is 0.312 e. The first-order valence-electron chi connectivity index (χ1n) is 8.62. The Hall–Kier alpha value is -2.53. The van der Waals surface area contributed by atoms with Crippen molar-refractivity contribution < 1.29 is 14.6 Å². The Morgan fingerprint density at radius 3 is 2.58 bits per heavy atom. The molecule has 0 aliphatic carbocycles. The van der Waals surface area contributed by atoms with Crippen molar-refractivity contribution in [3.63, 3.8) is 0 Å². The van der Waals surface area contributed by atoms with Gasteiger partial charge in [0.15, 0.2) is 0 Å². The maximum atomic E-state index is 12.6. The lowest BCUT2D eigenvalue weighted by Gasteiger charge is -2.34. The van der Waals surface area contributed by atoms with Gasteiger partial charge in [-0.25, -0.2) is 0 Å². The number of carbonyl (C=O) groups excluding carboxylic acids is 1. The SMILES string of the molecule is CNc1ccc(C(c2cccc(CO)c2)C(C)(C)C(=O)OC)c(C)c1N. The van der Waals surface area contributed by atoms with E-state index < -0.39 is 5.41 Å². The first-order chi connectivity index (χ1) is 12.3. The van der Waals surface area contributed by atoms with Gasteiger partial charge in [0.1, 0.15) is 0 Å². The van der Waals surface area contributed by atoms with Crippen LogP contribution in [0.5, 0.6) is 0 Å². The first kappa shape index (κ1) is 19.8. The third-order valence-electron chi connectivity index (χ3n) is 5.04. The number of aliphatic hydroxyl groups excluding tert-OH is 1. The Morgan fingerprint density at radius 2 is 2.00 bits per heavy atom. The molecular formula is C21H28N2O3. The number of benzene rings is 2. The van der Waals surface area contributed by atoms with Gasteiger partial charge in [-0.05, 0) is 49.1 Å². The van der Waals surface area contributed by atoms with E-state index in [-0.39, 0.29) is 18.5 Å². The molecule has 5 heteroatoms. The number of anilines is 2. The zero-order valence-electron chi connectivity index (χ0n) is 16.1. The molecule has 0 spiro atoms. The van der Waals surface area contributed by atoms with Gasteiger partial charge in [-0.1, -0.05) is 30.3 Å². The molecule has 0 heterocycles. The Morgan fingerprint density at radius 1 is 1.31 bits per heavy atom. The van der Waals surface area contributed by atoms with Gasteiger partial charge in [0.05, 0.1) is 30.5 Å². The lowest BCUT2D eigenvalue weighted by molar-refractivity contribution is -0.151. The molecule has 5 nitrogen and oxygen atoms in total. The van der Waals surface area contributed by atoms with Gasteiger partial charge in [-0.15, -0.1) is 0 Å². The van der Waals surface area contributed by atoms with Gasteiger partial charge >= 0.3 is 5.97 Å². The number of rotatable bonds is 6. The Balaban J connectivity index is 2.73. The monoisotopic (exact) mass is 356 g/mol. The summed E-state index contributed by atoms with van der Waals surface area (Å²) in [6.07, 6.45) is 0. The summed E-state index contributed by atoms with van der Waals surface area (Å²) in [6, 6.07) is 11.6. The summed E-state index contributed by atoms with van der Waals surface area (Å²) >= 11 is 0. The molecule has 2 aromatic carbocycles. The number of nitrogens with two attached hydrogens (primary N) is 1. The predicted octanol–water partition coefficient (Wildman–Crippen LogP) is 3.44. The lowest BCUT2D eigenvalue weighted by Crippen LogP contribution is -2.34. The first-order valence-corrected chi connectivity index (χ1v) is 8.62. The second-order valence-corrected chi connectivity index (χ2v) is 7.04. The number of nitrogens with one attached hydrogen (secondary N) is 1. The molecule has 0 saturated carbocycles. The van der Waals surface area contributed by atoms with Crippen LogP contribution in [-0.2, 0) is 16.1 Å². The molecule has 1 unspecified atom stereocenters. The Kier molecular flexibility index (Phi) is 5.93. The molecule has 26 heavy (non-hydrogen) atoms. The number of hydrogen-bond donors (Lipinski definition) is 3. The van der Waals surface area contributed by atoms with Crippen LogP contribution in [0.4, 0.5) is 11.4 Å². The van der Waals surface area contributed by atoms with Crippen molar-refractivity contribution in [3.8, 4) is 0 Å². The molecule has 0 saturated heterocycles. The number of nitrogen functional groups attached to an aromatic ring is 1. The summed E-state index contributed by atoms with van der Waals surface area (Å²) < 4.78 is 5.08. The van der Waals surface area contributed by atoms with Crippen LogP contribution in [0.15, 0.2) is 36.4 Å². The fourth-order valence-electron chi connectivity index (χ4n) is 3.51. The van der Waals surface area contributed by atoms with Crippen LogP contribution < -0.4 is 11.1 Å². The standard InChI is InChI=1S/C21H28N2O3/c1-13-16(9-10-17(23-4)19(13)22)18(21(2,3)20(25)26-5)15-8-6-7-14(11-15)12-24/h6-11,18,23-24H,12,22H2,1-5H3. The normalized spacial score (nSPS) is 12.5. The number of methoxy groups -OCH3 is 1. The van der Waals surface area contributed by atoms with E-state index in [9.17, 15) is 9.90 Å². The van der Waals surface area contributed by atoms with Crippen molar-refractivity contribution in [2.24, 2.45) is 5.41 Å². The van der Waals surface area contributed by atoms with Gasteiger partial charge < -0.3 is 20.9 Å². The number of carbonyl (C=O) groups is 1. The molecular weight excluding hydrogens is 328 g/mol. The van der Waals surface area contributed by atoms with E-state index >= 15 is 0 Å². The highest BCUT2D eigenvalue weighted by Crippen LogP contribution is 2.45. The van der Waals surface area contributed by atoms with Crippen molar-refractivity contribution in [2.75, 3.05) is 25.2 Å². The van der Waals surface area contributed by atoms with E-state index in [4.69, 9.17) is 10.5 Å². The van der Waals surface area contributed by atoms with Crippen molar-refractivity contribution in [1.29, 1.82) is 0 Å². The quantitative estimate of drug-likeness (QED) is 0.545. The molecule has 0 aliphatic heterocycles. The highest BCUT2D eigenvalue weighted by molar-refractivity contribution is 5.79. The highest BCUT2D eigenvalue weighted by atomic mass is 16.5. The summed E-state index contributed by atoms with van der Waals surface area (Å²) in [5.41, 5.74) is 10.6. The number of aliphatic hydroxyl groups is 1. The van der Waals surface area contributed by atoms with Gasteiger partial charge in [-0.2, -0.15) is 0 Å². The van der Waals surface area contributed by atoms with Crippen LogP contribution in [0.2, 0.25) is 0 Å². The molecule has 2 aromatic rings. The zero-order valence-corrected chi connectivity index (χ0v) is 16.1. The summed E-state index contributed by atoms with van der Waals surface area (Å²) in [6.45, 7) is 5.65. The molecule has 0 bridgehead atoms. The van der Waals surface area contributed by atoms with Gasteiger partial charge in [0.2, 0.25) is 0 Å². The van der Waals surface area contributed by atoms with E-state index in [0.29, 0.717) is 5.69 Å². The van der Waals surface area contributed by atoms with E-state index in [1.165, 1.54) is 7.11 Å². The van der Waals surface area contributed by atoms with Gasteiger partial charge in [-0.3, -0.25) is 4.79 Å². The summed E-state index contributed by atoms with van der Waals surface area (Å²) in [5.74, 6) is -0.567. The van der Waals surface area contributed by atoms with E-state index in [2.05, 4.69) is 5.32 Å². The summed E-state index contributed by atoms with van der Waals surface area (Å²) in [4.78, 5) is 12.6. The number of hydrogen-bond acceptors (Lipinski definition) is 5. The van der Waals surface area contributed by atoms with Crippen LogP contribution in [0.25, 0.3) is 0 Å². The minimum absolute atomic E-state index is 0.0565. The number of ether oxygens (including phenoxy) is 1. The largest absolute Gasteiger partial charge is 0.469 e. The van der Waals surface area contributed by atoms with Crippen molar-refractivity contribution in [3.05, 3.63) is 58.7 Å². The van der Waals surface area contributed by atoms with E-state index in [0.717, 1.165) is 27.9 Å². The minimum atomic E-state index is -0.818. The number of esters is 1. The van der Waals surface area contributed by atoms with Gasteiger partial charge in [0.25, 0.3) is 0 Å². The second kappa shape index (κ2) is 7.79. The average Bonchev–Trinajstić information content (AvgIpc) is 2.64. The van der Waals surface area contributed by atoms with Gasteiger partial charge in [0, 0.05) is 13.0 Å². The minimum Gasteiger partial charge on any atom is -0.469 e. The van der Waals surface area contributed by atoms with Crippen LogP contribution in [0.1, 0.15) is 42.0 Å². The van der Waals surface area contributed by atoms with Crippen molar-refractivity contribution >= 4 is 17.3 Å². The third-order valence-corrected chi connectivity index (χ3v) is 5.04. The van der Waals surface area contributed by atoms with Crippen LogP contribution in [-0.4, -0.2) is 25.2 Å². The molecule has 0 radical (unpaired) electrons. The second-order valence-electron chi connectivity index (χ2n) is 7.04. The third kappa shape index (κ3) is 3.53. The molecule has 1 atom stereocenters. The van der Waals surface area contributed by atoms with E-state index in [1.54, 1.807) is 0 Å². The Labute approximate surface area is 155 Å². The van der Waals surface area contributed by atoms with Crippen LogP contribution >= 0.6 is 0 Å². The van der Waals surface area contributed by atoms with E-state index in [1.807, 2.05) is 64.2 Å². The average molecular weight is 356 g/mol. The van der Waals surface area contributed by atoms with Crippen LogP contribution in [0, 0.1) is 12.3 Å². The van der Waals surface area contributed by atoms with Crippen molar-refractivity contribution in [1.82, 2.24) is 0 Å². The molecule has 2 rings (SSSR count). The molecule has 0 aromatic heterocycles. The molecule has 0 fully saturated rings. The fourth-order valence-corrected chi connectivity index (χ4v) is 3.51. The molecule has 140 valence electrons. The highest BCUT2D eigenvalue weighted by Gasteiger charge is 2.40. The maximum Gasteiger partial charge on any atom is 0.312 e. The molecule has 0 aliphatic rings. The lowest BCUT2D eigenvalue weighted by atomic mass is 9.69. The summed E-state index contributed by atoms with van der Waals surface area (Å²) in [5, 5.41) is 12.6. The summed E-state index contributed by atoms with van der Waals surface area (Å²) in [7, 11) is 3.22. The fraction of sp³-hybridized carbons (Fsp3) is 0.381. The molecule has 0 amide bonds. The maximum absolute atomic E-state index is 12.6. The van der Waals surface area contributed by atoms with Crippen LogP contribution in [0.3, 0.4) is 0 Å². The predicted molar refractivity (Wildman–Crippen MR) is 105 cm³/mol. The van der Waals surface area contributed by atoms with Crippen molar-refractivity contribution in [2.45, 2.75) is 33.3 Å².